The third kappa shape index (κ3) is 30.2. The lowest BCUT2D eigenvalue weighted by molar-refractivity contribution is -0.889. The van der Waals surface area contributed by atoms with Crippen LogP contribution in [0.25, 0.3) is 0 Å². The number of rotatable bonds is 35. The molecule has 0 saturated carbocycles. The Morgan fingerprint density at radius 2 is 1.08 bits per heavy atom. The average Bonchev–Trinajstić information content (AvgIpc) is 3.03. The zero-order valence-electron chi connectivity index (χ0n) is 31.9. The van der Waals surface area contributed by atoms with E-state index in [4.69, 9.17) is 14.2 Å². The molecule has 282 valence electrons. The lowest BCUT2D eigenvalue weighted by Crippen LogP contribution is -2.55. The number of hydrogen-bond acceptors (Lipinski definition) is 7. The highest BCUT2D eigenvalue weighted by atomic mass is 16.6. The topological polar surface area (TPSA) is 102 Å². The van der Waals surface area contributed by atoms with Crippen molar-refractivity contribution < 1.29 is 38.2 Å². The van der Waals surface area contributed by atoms with Crippen molar-refractivity contribution in [1.82, 2.24) is 0 Å². The molecule has 48 heavy (non-hydrogen) atoms. The molecular weight excluding hydrogens is 606 g/mol. The molecular formula is C40H75NO7. The van der Waals surface area contributed by atoms with Gasteiger partial charge < -0.3 is 28.6 Å². The summed E-state index contributed by atoms with van der Waals surface area (Å²) >= 11 is 0. The van der Waals surface area contributed by atoms with E-state index in [2.05, 4.69) is 26.0 Å². The smallest absolute Gasteiger partial charge is 0.306 e. The summed E-state index contributed by atoms with van der Waals surface area (Å²) in [5.74, 6) is -1.74. The summed E-state index contributed by atoms with van der Waals surface area (Å²) in [5, 5.41) is 11.6. The van der Waals surface area contributed by atoms with Gasteiger partial charge >= 0.3 is 11.9 Å². The van der Waals surface area contributed by atoms with Gasteiger partial charge in [0.1, 0.15) is 12.6 Å². The predicted octanol–water partition coefficient (Wildman–Crippen LogP) is 8.63. The van der Waals surface area contributed by atoms with Gasteiger partial charge in [-0.1, -0.05) is 135 Å². The minimum atomic E-state index is -1.13. The first-order chi connectivity index (χ1) is 23.1. The molecule has 0 spiro atoms. The Balaban J connectivity index is 4.36. The zero-order valence-corrected chi connectivity index (χ0v) is 31.9. The molecule has 0 aliphatic carbocycles. The SMILES string of the molecule is CCC/C=C\CCCCCCCC(=O)OC(COCCC(C(=O)[O-])[N+](C)(C)C)COC(=O)CCCCCCCCCCCCCCCC. The van der Waals surface area contributed by atoms with Gasteiger partial charge in [-0.05, 0) is 32.1 Å². The molecule has 0 N–H and O–H groups in total. The Labute approximate surface area is 295 Å². The van der Waals surface area contributed by atoms with Crippen molar-refractivity contribution in [3.63, 3.8) is 0 Å². The van der Waals surface area contributed by atoms with E-state index in [0.717, 1.165) is 57.8 Å². The number of carboxylic acid groups (broad SMARTS) is 1. The van der Waals surface area contributed by atoms with Crippen LogP contribution in [-0.4, -0.2) is 75.5 Å². The fraction of sp³-hybridized carbons (Fsp3) is 0.875. The molecule has 0 aliphatic rings. The number of hydrogen-bond donors (Lipinski definition) is 0. The molecule has 0 radical (unpaired) electrons. The number of carboxylic acids is 1. The molecule has 2 unspecified atom stereocenters. The van der Waals surface area contributed by atoms with Crippen LogP contribution in [0.2, 0.25) is 0 Å². The molecule has 0 heterocycles. The molecule has 0 aliphatic heterocycles. The van der Waals surface area contributed by atoms with Crippen molar-refractivity contribution in [2.45, 2.75) is 187 Å². The molecule has 8 nitrogen and oxygen atoms in total. The van der Waals surface area contributed by atoms with Gasteiger partial charge in [-0.2, -0.15) is 0 Å². The summed E-state index contributed by atoms with van der Waals surface area (Å²) < 4.78 is 17.1. The molecule has 8 heteroatoms. The van der Waals surface area contributed by atoms with Crippen LogP contribution in [-0.2, 0) is 28.6 Å². The summed E-state index contributed by atoms with van der Waals surface area (Å²) in [5.41, 5.74) is 0. The van der Waals surface area contributed by atoms with Gasteiger partial charge in [0.05, 0.1) is 40.3 Å². The van der Waals surface area contributed by atoms with Crippen LogP contribution < -0.4 is 5.11 Å². The Kier molecular flexibility index (Phi) is 31.0. The maximum Gasteiger partial charge on any atom is 0.306 e. The zero-order chi connectivity index (χ0) is 35.7. The second kappa shape index (κ2) is 32.3. The molecule has 0 aromatic heterocycles. The fourth-order valence-electron chi connectivity index (χ4n) is 5.78. The van der Waals surface area contributed by atoms with E-state index >= 15 is 0 Å². The summed E-state index contributed by atoms with van der Waals surface area (Å²) in [7, 11) is 5.40. The number of aliphatic carboxylic acids is 1. The number of allylic oxidation sites excluding steroid dienone is 2. The highest BCUT2D eigenvalue weighted by Gasteiger charge is 2.25. The number of quaternary nitrogens is 1. The first-order valence-corrected chi connectivity index (χ1v) is 19.7. The van der Waals surface area contributed by atoms with E-state index in [1.54, 1.807) is 21.1 Å². The van der Waals surface area contributed by atoms with E-state index in [9.17, 15) is 19.5 Å². The quantitative estimate of drug-likeness (QED) is 0.0286. The third-order valence-electron chi connectivity index (χ3n) is 8.88. The van der Waals surface area contributed by atoms with E-state index in [0.29, 0.717) is 12.8 Å². The number of likely N-dealkylation sites (N-methyl/N-ethyl adjacent to an activating group) is 1. The van der Waals surface area contributed by atoms with E-state index in [1.807, 2.05) is 0 Å². The molecule has 0 amide bonds. The minimum absolute atomic E-state index is 0.0420. The largest absolute Gasteiger partial charge is 0.544 e. The van der Waals surface area contributed by atoms with Crippen LogP contribution in [0.3, 0.4) is 0 Å². The van der Waals surface area contributed by atoms with Crippen LogP contribution in [0.15, 0.2) is 12.2 Å². The van der Waals surface area contributed by atoms with E-state index < -0.39 is 18.1 Å². The Morgan fingerprint density at radius 3 is 1.58 bits per heavy atom. The third-order valence-corrected chi connectivity index (χ3v) is 8.88. The molecule has 0 saturated heterocycles. The lowest BCUT2D eigenvalue weighted by Gasteiger charge is -2.34. The minimum Gasteiger partial charge on any atom is -0.544 e. The van der Waals surface area contributed by atoms with Crippen molar-refractivity contribution in [2.75, 3.05) is 41.0 Å². The van der Waals surface area contributed by atoms with Gasteiger partial charge in [-0.15, -0.1) is 0 Å². The van der Waals surface area contributed by atoms with Crippen LogP contribution in [0.1, 0.15) is 174 Å². The average molecular weight is 682 g/mol. The van der Waals surface area contributed by atoms with Crippen LogP contribution in [0.4, 0.5) is 0 Å². The Morgan fingerprint density at radius 1 is 0.604 bits per heavy atom. The summed E-state index contributed by atoms with van der Waals surface area (Å²) in [6.07, 6.45) is 30.9. The Bertz CT molecular complexity index is 808. The number of carbonyl (C=O) groups excluding carboxylic acids is 3. The van der Waals surface area contributed by atoms with Gasteiger partial charge in [0.25, 0.3) is 0 Å². The highest BCUT2D eigenvalue weighted by molar-refractivity contribution is 5.70. The molecule has 0 rings (SSSR count). The Hall–Kier alpha value is -1.93. The van der Waals surface area contributed by atoms with Crippen molar-refractivity contribution >= 4 is 17.9 Å². The van der Waals surface area contributed by atoms with Gasteiger partial charge in [0.2, 0.25) is 0 Å². The van der Waals surface area contributed by atoms with Crippen molar-refractivity contribution in [1.29, 1.82) is 0 Å². The second-order valence-electron chi connectivity index (χ2n) is 14.5. The number of esters is 2. The summed E-state index contributed by atoms with van der Waals surface area (Å²) in [4.78, 5) is 36.6. The van der Waals surface area contributed by atoms with Crippen LogP contribution >= 0.6 is 0 Å². The normalized spacial score (nSPS) is 13.1. The van der Waals surface area contributed by atoms with Crippen LogP contribution in [0, 0.1) is 0 Å². The molecule has 0 bridgehead atoms. The summed E-state index contributed by atoms with van der Waals surface area (Å²) in [6.45, 7) is 4.59. The van der Waals surface area contributed by atoms with E-state index in [-0.39, 0.29) is 42.7 Å². The van der Waals surface area contributed by atoms with Crippen LogP contribution in [0.5, 0.6) is 0 Å². The molecule has 2 atom stereocenters. The highest BCUT2D eigenvalue weighted by Crippen LogP contribution is 2.14. The van der Waals surface area contributed by atoms with Crippen molar-refractivity contribution in [3.05, 3.63) is 12.2 Å². The van der Waals surface area contributed by atoms with Gasteiger partial charge in [-0.3, -0.25) is 9.59 Å². The standard InChI is InChI=1S/C40H75NO7/c1-6-8-10-12-14-16-18-19-20-21-23-24-26-28-30-38(42)47-35-36(34-46-33-32-37(40(44)45)41(3,4)5)48-39(43)31-29-27-25-22-17-15-13-11-9-7-2/h11,13,36-37H,6-10,12,14-35H2,1-5H3/b13-11-. The van der Waals surface area contributed by atoms with Gasteiger partial charge in [0, 0.05) is 19.3 Å². The van der Waals surface area contributed by atoms with E-state index in [1.165, 1.54) is 83.5 Å². The van der Waals surface area contributed by atoms with Gasteiger partial charge in [0.15, 0.2) is 6.10 Å². The van der Waals surface area contributed by atoms with Crippen molar-refractivity contribution in [2.24, 2.45) is 0 Å². The maximum absolute atomic E-state index is 12.6. The predicted molar refractivity (Wildman–Crippen MR) is 194 cm³/mol. The number of ether oxygens (including phenoxy) is 3. The summed E-state index contributed by atoms with van der Waals surface area (Å²) in [6, 6.07) is -0.721. The molecule has 0 aromatic rings. The van der Waals surface area contributed by atoms with Crippen molar-refractivity contribution in [3.8, 4) is 0 Å². The first-order valence-electron chi connectivity index (χ1n) is 19.7. The van der Waals surface area contributed by atoms with Gasteiger partial charge in [-0.25, -0.2) is 0 Å². The first kappa shape index (κ1) is 46.1. The molecule has 0 fully saturated rings. The monoisotopic (exact) mass is 682 g/mol. The number of unbranched alkanes of at least 4 members (excludes halogenated alkanes) is 19. The number of nitrogens with zero attached hydrogens (tertiary/aromatic N) is 1. The molecule has 0 aromatic carbocycles. The number of carbonyl (C=O) groups is 3. The maximum atomic E-state index is 12.6. The fourth-order valence-corrected chi connectivity index (χ4v) is 5.78. The lowest BCUT2D eigenvalue weighted by atomic mass is 10.0. The second-order valence-corrected chi connectivity index (χ2v) is 14.5.